The summed E-state index contributed by atoms with van der Waals surface area (Å²) in [5.74, 6) is -0.145. The molecule has 1 amide bonds. The molecule has 2 N–H and O–H groups in total. The minimum absolute atomic E-state index is 0.145. The summed E-state index contributed by atoms with van der Waals surface area (Å²) in [6.07, 6.45) is 5.00. The Bertz CT molecular complexity index is 376. The molecule has 5 heteroatoms. The maximum Gasteiger partial charge on any atom is 0.269 e. The van der Waals surface area contributed by atoms with Crippen molar-refractivity contribution in [3.8, 4) is 0 Å². The molecule has 0 spiro atoms. The minimum Gasteiger partial charge on any atom is -0.351 e. The van der Waals surface area contributed by atoms with E-state index in [2.05, 4.69) is 15.6 Å². The fourth-order valence-electron chi connectivity index (χ4n) is 1.48. The number of aromatic nitrogens is 1. The molecule has 0 aromatic carbocycles. The molecule has 1 heterocycles. The summed E-state index contributed by atoms with van der Waals surface area (Å²) in [7, 11) is 0. The van der Waals surface area contributed by atoms with Crippen LogP contribution in [0.2, 0.25) is 5.02 Å². The Morgan fingerprint density at radius 1 is 1.41 bits per heavy atom. The molecule has 0 atom stereocenters. The first kappa shape index (κ1) is 12.3. The number of hydrogen-bond acceptors (Lipinski definition) is 3. The molecule has 92 valence electrons. The van der Waals surface area contributed by atoms with Gasteiger partial charge in [-0.2, -0.15) is 0 Å². The normalized spacial score (nSPS) is 14.6. The molecule has 2 rings (SSSR count). The summed E-state index contributed by atoms with van der Waals surface area (Å²) in [6, 6.07) is 4.02. The zero-order chi connectivity index (χ0) is 12.1. The number of nitrogens with one attached hydrogen (secondary N) is 2. The smallest absolute Gasteiger partial charge is 0.269 e. The van der Waals surface area contributed by atoms with Crippen molar-refractivity contribution in [2.24, 2.45) is 0 Å². The molecule has 1 saturated carbocycles. The Morgan fingerprint density at radius 3 is 2.88 bits per heavy atom. The van der Waals surface area contributed by atoms with Gasteiger partial charge in [0.1, 0.15) is 5.69 Å². The van der Waals surface area contributed by atoms with Crippen molar-refractivity contribution < 1.29 is 4.79 Å². The van der Waals surface area contributed by atoms with Crippen molar-refractivity contribution in [2.75, 3.05) is 13.1 Å². The van der Waals surface area contributed by atoms with Crippen molar-refractivity contribution in [3.63, 3.8) is 0 Å². The van der Waals surface area contributed by atoms with E-state index in [1.54, 1.807) is 12.1 Å². The molecule has 17 heavy (non-hydrogen) atoms. The lowest BCUT2D eigenvalue weighted by Crippen LogP contribution is -2.28. The van der Waals surface area contributed by atoms with E-state index in [4.69, 9.17) is 11.6 Å². The molecule has 0 aliphatic heterocycles. The molecule has 1 aliphatic rings. The van der Waals surface area contributed by atoms with E-state index in [1.165, 1.54) is 19.0 Å². The summed E-state index contributed by atoms with van der Waals surface area (Å²) >= 11 is 5.70. The van der Waals surface area contributed by atoms with Gasteiger partial charge in [0.25, 0.3) is 5.91 Å². The molecule has 1 aromatic rings. The van der Waals surface area contributed by atoms with Crippen molar-refractivity contribution in [1.82, 2.24) is 15.6 Å². The maximum absolute atomic E-state index is 11.6. The van der Waals surface area contributed by atoms with Gasteiger partial charge in [0.2, 0.25) is 0 Å². The molecule has 1 aliphatic carbocycles. The second-order valence-electron chi connectivity index (χ2n) is 4.20. The predicted molar refractivity (Wildman–Crippen MR) is 67.2 cm³/mol. The Balaban J connectivity index is 1.64. The summed E-state index contributed by atoms with van der Waals surface area (Å²) in [4.78, 5) is 15.6. The first-order valence-corrected chi connectivity index (χ1v) is 6.26. The monoisotopic (exact) mass is 253 g/mol. The summed E-state index contributed by atoms with van der Waals surface area (Å²) in [5, 5.41) is 6.76. The van der Waals surface area contributed by atoms with Gasteiger partial charge in [-0.05, 0) is 37.9 Å². The van der Waals surface area contributed by atoms with Gasteiger partial charge in [-0.1, -0.05) is 11.6 Å². The first-order chi connectivity index (χ1) is 8.25. The number of pyridine rings is 1. The number of amides is 1. The summed E-state index contributed by atoms with van der Waals surface area (Å²) < 4.78 is 0. The van der Waals surface area contributed by atoms with E-state index in [0.717, 1.165) is 19.0 Å². The number of carbonyl (C=O) groups excluding carboxylic acids is 1. The number of carbonyl (C=O) groups is 1. The number of halogens is 1. The van der Waals surface area contributed by atoms with E-state index in [9.17, 15) is 4.79 Å². The van der Waals surface area contributed by atoms with Crippen LogP contribution >= 0.6 is 11.6 Å². The highest BCUT2D eigenvalue weighted by Gasteiger charge is 2.19. The topological polar surface area (TPSA) is 54.0 Å². The summed E-state index contributed by atoms with van der Waals surface area (Å²) in [5.41, 5.74) is 0.407. The third-order valence-corrected chi connectivity index (χ3v) is 2.83. The lowest BCUT2D eigenvalue weighted by molar-refractivity contribution is 0.0948. The molecule has 0 saturated heterocycles. The van der Waals surface area contributed by atoms with E-state index in [1.807, 2.05) is 0 Å². The predicted octanol–water partition coefficient (Wildman–Crippen LogP) is 1.61. The highest BCUT2D eigenvalue weighted by atomic mass is 35.5. The van der Waals surface area contributed by atoms with Crippen molar-refractivity contribution in [3.05, 3.63) is 29.0 Å². The zero-order valence-corrected chi connectivity index (χ0v) is 10.3. The second kappa shape index (κ2) is 5.98. The molecule has 1 fully saturated rings. The average molecular weight is 254 g/mol. The van der Waals surface area contributed by atoms with Gasteiger partial charge in [-0.3, -0.25) is 4.79 Å². The number of nitrogens with zero attached hydrogens (tertiary/aromatic N) is 1. The van der Waals surface area contributed by atoms with E-state index < -0.39 is 0 Å². The van der Waals surface area contributed by atoms with Crippen LogP contribution in [0.3, 0.4) is 0 Å². The van der Waals surface area contributed by atoms with Crippen LogP contribution in [0.25, 0.3) is 0 Å². The third kappa shape index (κ3) is 4.32. The van der Waals surface area contributed by atoms with E-state index in [0.29, 0.717) is 17.3 Å². The van der Waals surface area contributed by atoms with Crippen LogP contribution in [0.1, 0.15) is 29.8 Å². The van der Waals surface area contributed by atoms with Crippen molar-refractivity contribution in [2.45, 2.75) is 25.3 Å². The lowest BCUT2D eigenvalue weighted by atomic mass is 10.3. The van der Waals surface area contributed by atoms with Crippen LogP contribution in [0.5, 0.6) is 0 Å². The fraction of sp³-hybridized carbons (Fsp3) is 0.500. The molecule has 0 bridgehead atoms. The van der Waals surface area contributed by atoms with Gasteiger partial charge in [-0.25, -0.2) is 4.98 Å². The zero-order valence-electron chi connectivity index (χ0n) is 9.58. The van der Waals surface area contributed by atoms with Crippen LogP contribution in [-0.4, -0.2) is 30.0 Å². The van der Waals surface area contributed by atoms with Gasteiger partial charge in [0, 0.05) is 18.8 Å². The van der Waals surface area contributed by atoms with Crippen LogP contribution in [-0.2, 0) is 0 Å². The Hall–Kier alpha value is -1.13. The highest BCUT2D eigenvalue weighted by Crippen LogP contribution is 2.18. The van der Waals surface area contributed by atoms with E-state index in [-0.39, 0.29) is 5.91 Å². The van der Waals surface area contributed by atoms with Crippen molar-refractivity contribution in [1.29, 1.82) is 0 Å². The van der Waals surface area contributed by atoms with Gasteiger partial charge in [-0.15, -0.1) is 0 Å². The van der Waals surface area contributed by atoms with Crippen LogP contribution in [0, 0.1) is 0 Å². The first-order valence-electron chi connectivity index (χ1n) is 5.89. The van der Waals surface area contributed by atoms with E-state index >= 15 is 0 Å². The molecule has 1 aromatic heterocycles. The second-order valence-corrected chi connectivity index (χ2v) is 4.64. The van der Waals surface area contributed by atoms with Gasteiger partial charge in [0.05, 0.1) is 5.02 Å². The van der Waals surface area contributed by atoms with Crippen LogP contribution < -0.4 is 10.6 Å². The Morgan fingerprint density at radius 2 is 2.24 bits per heavy atom. The standard InChI is InChI=1S/C12H16ClN3O/c13-9-2-5-11(16-8-9)12(17)15-7-1-6-14-10-3-4-10/h2,5,8,10,14H,1,3-4,6-7H2,(H,15,17). The number of hydrogen-bond donors (Lipinski definition) is 2. The average Bonchev–Trinajstić information content (AvgIpc) is 3.13. The van der Waals surface area contributed by atoms with Gasteiger partial charge < -0.3 is 10.6 Å². The molecular weight excluding hydrogens is 238 g/mol. The molecular formula is C12H16ClN3O. The molecule has 0 unspecified atom stereocenters. The number of rotatable bonds is 6. The Kier molecular flexibility index (Phi) is 4.34. The van der Waals surface area contributed by atoms with Crippen molar-refractivity contribution >= 4 is 17.5 Å². The molecule has 4 nitrogen and oxygen atoms in total. The van der Waals surface area contributed by atoms with Crippen LogP contribution in [0.4, 0.5) is 0 Å². The van der Waals surface area contributed by atoms with Gasteiger partial charge >= 0.3 is 0 Å². The largest absolute Gasteiger partial charge is 0.351 e. The molecule has 0 radical (unpaired) electrons. The quantitative estimate of drug-likeness (QED) is 0.758. The summed E-state index contributed by atoms with van der Waals surface area (Å²) in [6.45, 7) is 1.63. The van der Waals surface area contributed by atoms with Gasteiger partial charge in [0.15, 0.2) is 0 Å². The Labute approximate surface area is 106 Å². The maximum atomic E-state index is 11.6. The SMILES string of the molecule is O=C(NCCCNC1CC1)c1ccc(Cl)cn1. The van der Waals surface area contributed by atoms with Crippen LogP contribution in [0.15, 0.2) is 18.3 Å². The minimum atomic E-state index is -0.145. The fourth-order valence-corrected chi connectivity index (χ4v) is 1.60. The highest BCUT2D eigenvalue weighted by molar-refractivity contribution is 6.30. The third-order valence-electron chi connectivity index (χ3n) is 2.61. The lowest BCUT2D eigenvalue weighted by Gasteiger charge is -2.05.